The number of carbonyl (C=O) groups excluding carboxylic acids is 2. The van der Waals surface area contributed by atoms with Crippen LogP contribution >= 0.6 is 0 Å². The zero-order valence-corrected chi connectivity index (χ0v) is 15.5. The molecule has 1 rings (SSSR count). The maximum Gasteiger partial charge on any atom is 0.328 e. The molecule has 0 aliphatic heterocycles. The number of rotatable bonds is 9. The summed E-state index contributed by atoms with van der Waals surface area (Å²) >= 11 is 0. The summed E-state index contributed by atoms with van der Waals surface area (Å²) in [6.07, 6.45) is -1.27. The van der Waals surface area contributed by atoms with E-state index in [2.05, 4.69) is 10.6 Å². The Morgan fingerprint density at radius 1 is 1.04 bits per heavy atom. The van der Waals surface area contributed by atoms with Crippen LogP contribution in [-0.4, -0.2) is 57.3 Å². The van der Waals surface area contributed by atoms with Crippen LogP contribution in [0.1, 0.15) is 26.3 Å². The van der Waals surface area contributed by atoms with Gasteiger partial charge in [-0.25, -0.2) is 4.79 Å². The second kappa shape index (κ2) is 9.89. The number of aliphatic hydroxyl groups excluding tert-OH is 1. The van der Waals surface area contributed by atoms with Crippen molar-refractivity contribution in [2.75, 3.05) is 0 Å². The number of phenolic OH excluding ortho intramolecular Hbond substituents is 1. The minimum absolute atomic E-state index is 0.0469. The van der Waals surface area contributed by atoms with Crippen LogP contribution in [0.15, 0.2) is 24.3 Å². The first kappa shape index (κ1) is 22.4. The monoisotopic (exact) mass is 381 g/mol. The number of phenols is 1. The number of benzene rings is 1. The highest BCUT2D eigenvalue weighted by molar-refractivity contribution is 5.92. The van der Waals surface area contributed by atoms with E-state index in [1.165, 1.54) is 19.1 Å². The van der Waals surface area contributed by atoms with Crippen molar-refractivity contribution in [1.82, 2.24) is 10.6 Å². The Balaban J connectivity index is 3.00. The molecule has 0 saturated heterocycles. The van der Waals surface area contributed by atoms with Gasteiger partial charge in [-0.3, -0.25) is 9.59 Å². The average Bonchev–Trinajstić information content (AvgIpc) is 2.59. The van der Waals surface area contributed by atoms with Gasteiger partial charge < -0.3 is 31.7 Å². The molecule has 9 heteroatoms. The molecule has 1 aromatic carbocycles. The number of nitrogens with one attached hydrogen (secondary N) is 2. The molecule has 0 fully saturated rings. The standard InChI is InChI=1S/C18H27N3O6/c1-9(2)14(19)17(25)20-13(8-11-4-6-12(23)7-5-11)16(24)21-15(10(3)22)18(26)27/h4-7,9-10,13-15,22-23H,8,19H2,1-3H3,(H,20,25)(H,21,24)(H,26,27). The van der Waals surface area contributed by atoms with Gasteiger partial charge in [0.05, 0.1) is 12.1 Å². The third-order valence-corrected chi connectivity index (χ3v) is 4.08. The van der Waals surface area contributed by atoms with Crippen LogP contribution in [0, 0.1) is 5.92 Å². The van der Waals surface area contributed by atoms with Crippen LogP contribution in [0.25, 0.3) is 0 Å². The summed E-state index contributed by atoms with van der Waals surface area (Å²) in [5, 5.41) is 32.8. The lowest BCUT2D eigenvalue weighted by atomic mass is 10.0. The molecule has 2 amide bonds. The number of nitrogens with two attached hydrogens (primary N) is 1. The number of carboxylic acids is 1. The van der Waals surface area contributed by atoms with Crippen molar-refractivity contribution in [3.8, 4) is 5.75 Å². The molecule has 0 heterocycles. The van der Waals surface area contributed by atoms with Crippen molar-refractivity contribution in [1.29, 1.82) is 0 Å². The van der Waals surface area contributed by atoms with Gasteiger partial charge in [0.2, 0.25) is 11.8 Å². The minimum atomic E-state index is -1.52. The molecule has 150 valence electrons. The van der Waals surface area contributed by atoms with E-state index in [0.29, 0.717) is 5.56 Å². The van der Waals surface area contributed by atoms with E-state index in [1.807, 2.05) is 0 Å². The molecule has 0 saturated carbocycles. The first-order valence-electron chi connectivity index (χ1n) is 8.58. The number of hydrogen-bond acceptors (Lipinski definition) is 6. The van der Waals surface area contributed by atoms with Crippen LogP contribution in [-0.2, 0) is 20.8 Å². The fraction of sp³-hybridized carbons (Fsp3) is 0.500. The van der Waals surface area contributed by atoms with Crippen molar-refractivity contribution in [2.45, 2.75) is 51.4 Å². The van der Waals surface area contributed by atoms with Gasteiger partial charge in [0, 0.05) is 6.42 Å². The summed E-state index contributed by atoms with van der Waals surface area (Å²) in [4.78, 5) is 36.1. The Morgan fingerprint density at radius 2 is 1.59 bits per heavy atom. The van der Waals surface area contributed by atoms with Crippen molar-refractivity contribution in [2.24, 2.45) is 11.7 Å². The average molecular weight is 381 g/mol. The Morgan fingerprint density at radius 3 is 2.04 bits per heavy atom. The first-order chi connectivity index (χ1) is 12.5. The van der Waals surface area contributed by atoms with Crippen molar-refractivity contribution in [3.05, 3.63) is 29.8 Å². The zero-order valence-electron chi connectivity index (χ0n) is 15.5. The predicted octanol–water partition coefficient (Wildman–Crippen LogP) is -0.647. The van der Waals surface area contributed by atoms with Gasteiger partial charge in [0.15, 0.2) is 6.04 Å². The number of carboxylic acid groups (broad SMARTS) is 1. The topological polar surface area (TPSA) is 162 Å². The number of aromatic hydroxyl groups is 1. The number of aliphatic hydroxyl groups is 1. The van der Waals surface area contributed by atoms with E-state index in [9.17, 15) is 24.6 Å². The summed E-state index contributed by atoms with van der Waals surface area (Å²) in [5.74, 6) is -2.82. The van der Waals surface area contributed by atoms with Crippen LogP contribution in [0.2, 0.25) is 0 Å². The zero-order chi connectivity index (χ0) is 20.7. The molecule has 0 aliphatic carbocycles. The van der Waals surface area contributed by atoms with E-state index in [1.54, 1.807) is 26.0 Å². The van der Waals surface area contributed by atoms with Crippen molar-refractivity contribution in [3.63, 3.8) is 0 Å². The van der Waals surface area contributed by atoms with Crippen LogP contribution in [0.4, 0.5) is 0 Å². The minimum Gasteiger partial charge on any atom is -0.508 e. The normalized spacial score (nSPS) is 15.5. The summed E-state index contributed by atoms with van der Waals surface area (Å²) in [6.45, 7) is 4.75. The molecule has 1 aromatic rings. The molecule has 4 atom stereocenters. The summed E-state index contributed by atoms with van der Waals surface area (Å²) in [6, 6.07) is 2.56. The van der Waals surface area contributed by atoms with Gasteiger partial charge in [0.25, 0.3) is 0 Å². The van der Waals surface area contributed by atoms with E-state index in [0.717, 1.165) is 0 Å². The lowest BCUT2D eigenvalue weighted by Gasteiger charge is -2.24. The predicted molar refractivity (Wildman–Crippen MR) is 97.8 cm³/mol. The van der Waals surface area contributed by atoms with Crippen LogP contribution in [0.5, 0.6) is 5.75 Å². The Hall–Kier alpha value is -2.65. The maximum atomic E-state index is 12.6. The van der Waals surface area contributed by atoms with E-state index in [4.69, 9.17) is 10.8 Å². The molecule has 0 aliphatic rings. The highest BCUT2D eigenvalue weighted by Crippen LogP contribution is 2.12. The lowest BCUT2D eigenvalue weighted by Crippen LogP contribution is -2.57. The second-order valence-electron chi connectivity index (χ2n) is 6.77. The lowest BCUT2D eigenvalue weighted by molar-refractivity contribution is -0.145. The molecular weight excluding hydrogens is 354 g/mol. The quantitative estimate of drug-likeness (QED) is 0.331. The fourth-order valence-electron chi connectivity index (χ4n) is 2.29. The maximum absolute atomic E-state index is 12.6. The number of carbonyl (C=O) groups is 3. The fourth-order valence-corrected chi connectivity index (χ4v) is 2.29. The number of aliphatic carboxylic acids is 1. The van der Waals surface area contributed by atoms with Gasteiger partial charge in [-0.15, -0.1) is 0 Å². The van der Waals surface area contributed by atoms with Gasteiger partial charge in [-0.2, -0.15) is 0 Å². The Bertz CT molecular complexity index is 660. The van der Waals surface area contributed by atoms with E-state index < -0.39 is 42.0 Å². The highest BCUT2D eigenvalue weighted by Gasteiger charge is 2.30. The Labute approximate surface area is 157 Å². The van der Waals surface area contributed by atoms with Gasteiger partial charge >= 0.3 is 5.97 Å². The number of amides is 2. The van der Waals surface area contributed by atoms with E-state index >= 15 is 0 Å². The van der Waals surface area contributed by atoms with Crippen molar-refractivity contribution < 1.29 is 29.7 Å². The third kappa shape index (κ3) is 6.87. The molecule has 27 heavy (non-hydrogen) atoms. The molecule has 0 bridgehead atoms. The Kier molecular flexibility index (Phi) is 8.20. The molecule has 4 unspecified atom stereocenters. The largest absolute Gasteiger partial charge is 0.508 e. The molecule has 9 nitrogen and oxygen atoms in total. The SMILES string of the molecule is CC(C)C(N)C(=O)NC(Cc1ccc(O)cc1)C(=O)NC(C(=O)O)C(C)O. The molecular formula is C18H27N3O6. The van der Waals surface area contributed by atoms with Gasteiger partial charge in [-0.1, -0.05) is 26.0 Å². The first-order valence-corrected chi connectivity index (χ1v) is 8.58. The second-order valence-corrected chi connectivity index (χ2v) is 6.77. The smallest absolute Gasteiger partial charge is 0.328 e. The van der Waals surface area contributed by atoms with Gasteiger partial charge in [-0.05, 0) is 30.5 Å². The summed E-state index contributed by atoms with van der Waals surface area (Å²) in [5.41, 5.74) is 6.44. The molecule has 7 N–H and O–H groups in total. The summed E-state index contributed by atoms with van der Waals surface area (Å²) < 4.78 is 0. The molecule has 0 aromatic heterocycles. The van der Waals surface area contributed by atoms with E-state index in [-0.39, 0.29) is 18.1 Å². The number of hydrogen-bond donors (Lipinski definition) is 6. The molecule has 0 radical (unpaired) electrons. The summed E-state index contributed by atoms with van der Waals surface area (Å²) in [7, 11) is 0. The van der Waals surface area contributed by atoms with Gasteiger partial charge in [0.1, 0.15) is 11.8 Å². The van der Waals surface area contributed by atoms with Crippen LogP contribution in [0.3, 0.4) is 0 Å². The highest BCUT2D eigenvalue weighted by atomic mass is 16.4. The van der Waals surface area contributed by atoms with Crippen molar-refractivity contribution >= 4 is 17.8 Å². The molecule has 0 spiro atoms. The third-order valence-electron chi connectivity index (χ3n) is 4.08. The van der Waals surface area contributed by atoms with Crippen LogP contribution < -0.4 is 16.4 Å².